The molecule has 0 saturated heterocycles. The summed E-state index contributed by atoms with van der Waals surface area (Å²) in [4.78, 5) is 0. The van der Waals surface area contributed by atoms with Gasteiger partial charge in [0, 0.05) is 17.5 Å². The lowest BCUT2D eigenvalue weighted by molar-refractivity contribution is 0.403. The van der Waals surface area contributed by atoms with E-state index in [2.05, 4.69) is 11.4 Å². The summed E-state index contributed by atoms with van der Waals surface area (Å²) >= 11 is 5.82. The Labute approximate surface area is 102 Å². The Morgan fingerprint density at radius 3 is 2.38 bits per heavy atom. The maximum atomic E-state index is 9.21. The number of nitrogens with one attached hydrogen (secondary N) is 1. The first-order chi connectivity index (χ1) is 7.45. The first kappa shape index (κ1) is 13.0. The molecular formula is C13H17ClN2. The molecule has 0 aliphatic heterocycles. The number of hydrogen-bond donors (Lipinski definition) is 1. The van der Waals surface area contributed by atoms with E-state index in [1.165, 1.54) is 0 Å². The summed E-state index contributed by atoms with van der Waals surface area (Å²) in [5.41, 5.74) is 0.587. The van der Waals surface area contributed by atoms with Gasteiger partial charge in [0.2, 0.25) is 0 Å². The molecule has 0 aromatic heterocycles. The van der Waals surface area contributed by atoms with Crippen LogP contribution in [0.1, 0.15) is 26.3 Å². The Bertz CT molecular complexity index is 378. The van der Waals surface area contributed by atoms with Crippen molar-refractivity contribution in [1.29, 1.82) is 5.26 Å². The fourth-order valence-corrected chi connectivity index (χ4v) is 1.90. The van der Waals surface area contributed by atoms with E-state index < -0.39 is 5.54 Å². The van der Waals surface area contributed by atoms with E-state index in [1.54, 1.807) is 0 Å². The Balaban J connectivity index is 2.77. The molecule has 86 valence electrons. The Morgan fingerprint density at radius 2 is 1.94 bits per heavy atom. The van der Waals surface area contributed by atoms with Gasteiger partial charge in [-0.2, -0.15) is 5.26 Å². The Kier molecular flexibility index (Phi) is 4.35. The normalized spacial score (nSPS) is 14.5. The van der Waals surface area contributed by atoms with E-state index in [0.29, 0.717) is 6.42 Å². The highest BCUT2D eigenvalue weighted by atomic mass is 35.5. The van der Waals surface area contributed by atoms with E-state index >= 15 is 0 Å². The van der Waals surface area contributed by atoms with Gasteiger partial charge < -0.3 is 0 Å². The number of benzene rings is 1. The predicted octanol–water partition coefficient (Wildman–Crippen LogP) is 3.16. The first-order valence-electron chi connectivity index (χ1n) is 5.38. The molecule has 0 aliphatic rings. The average Bonchev–Trinajstić information content (AvgIpc) is 2.20. The molecule has 0 spiro atoms. The van der Waals surface area contributed by atoms with Crippen molar-refractivity contribution in [2.45, 2.75) is 38.8 Å². The van der Waals surface area contributed by atoms with Crippen molar-refractivity contribution in [2.75, 3.05) is 0 Å². The van der Waals surface area contributed by atoms with Crippen LogP contribution in [-0.4, -0.2) is 11.6 Å². The first-order valence-corrected chi connectivity index (χ1v) is 5.76. The van der Waals surface area contributed by atoms with Gasteiger partial charge in [-0.05, 0) is 38.5 Å². The zero-order valence-electron chi connectivity index (χ0n) is 9.92. The van der Waals surface area contributed by atoms with Crippen molar-refractivity contribution in [2.24, 2.45) is 0 Å². The molecule has 1 rings (SSSR count). The third-order valence-corrected chi connectivity index (χ3v) is 2.58. The van der Waals surface area contributed by atoms with Crippen LogP contribution < -0.4 is 5.32 Å². The molecule has 1 aromatic carbocycles. The topological polar surface area (TPSA) is 35.8 Å². The van der Waals surface area contributed by atoms with Crippen molar-refractivity contribution in [3.8, 4) is 6.07 Å². The molecule has 1 atom stereocenters. The number of nitriles is 1. The second-order valence-corrected chi connectivity index (χ2v) is 4.98. The summed E-state index contributed by atoms with van der Waals surface area (Å²) < 4.78 is 0. The molecule has 0 heterocycles. The monoisotopic (exact) mass is 236 g/mol. The smallest absolute Gasteiger partial charge is 0.108 e. The summed E-state index contributed by atoms with van der Waals surface area (Å²) in [6.45, 7) is 6.00. The molecule has 1 N–H and O–H groups in total. The van der Waals surface area contributed by atoms with Gasteiger partial charge in [-0.1, -0.05) is 23.7 Å². The van der Waals surface area contributed by atoms with Crippen molar-refractivity contribution >= 4 is 11.6 Å². The van der Waals surface area contributed by atoms with Gasteiger partial charge in [0.05, 0.1) is 6.07 Å². The van der Waals surface area contributed by atoms with Gasteiger partial charge in [0.1, 0.15) is 5.54 Å². The van der Waals surface area contributed by atoms with Crippen LogP contribution in [0.4, 0.5) is 0 Å². The maximum Gasteiger partial charge on any atom is 0.108 e. The zero-order valence-corrected chi connectivity index (χ0v) is 10.7. The highest BCUT2D eigenvalue weighted by Crippen LogP contribution is 2.16. The fourth-order valence-electron chi connectivity index (χ4n) is 1.77. The lowest BCUT2D eigenvalue weighted by atomic mass is 9.93. The van der Waals surface area contributed by atoms with Gasteiger partial charge in [0.15, 0.2) is 0 Å². The third-order valence-electron chi connectivity index (χ3n) is 2.32. The predicted molar refractivity (Wildman–Crippen MR) is 67.4 cm³/mol. The van der Waals surface area contributed by atoms with Crippen molar-refractivity contribution in [1.82, 2.24) is 5.32 Å². The summed E-state index contributed by atoms with van der Waals surface area (Å²) in [6.07, 6.45) is 0.679. The Hall–Kier alpha value is -1.04. The number of halogens is 1. The summed E-state index contributed by atoms with van der Waals surface area (Å²) in [5.74, 6) is 0. The third kappa shape index (κ3) is 3.84. The molecule has 16 heavy (non-hydrogen) atoms. The molecule has 1 unspecified atom stereocenters. The van der Waals surface area contributed by atoms with Crippen molar-refractivity contribution in [3.63, 3.8) is 0 Å². The van der Waals surface area contributed by atoms with Crippen LogP contribution >= 0.6 is 11.6 Å². The second-order valence-electron chi connectivity index (χ2n) is 4.55. The van der Waals surface area contributed by atoms with E-state index in [0.717, 1.165) is 10.6 Å². The minimum absolute atomic E-state index is 0.289. The number of nitrogens with zero attached hydrogens (tertiary/aromatic N) is 1. The number of rotatable bonds is 4. The van der Waals surface area contributed by atoms with E-state index in [-0.39, 0.29) is 6.04 Å². The Morgan fingerprint density at radius 1 is 1.38 bits per heavy atom. The van der Waals surface area contributed by atoms with Crippen molar-refractivity contribution in [3.05, 3.63) is 34.9 Å². The van der Waals surface area contributed by atoms with E-state index in [1.807, 2.05) is 45.0 Å². The zero-order chi connectivity index (χ0) is 12.2. The van der Waals surface area contributed by atoms with Gasteiger partial charge in [0.25, 0.3) is 0 Å². The van der Waals surface area contributed by atoms with Gasteiger partial charge in [-0.3, -0.25) is 5.32 Å². The van der Waals surface area contributed by atoms with Crippen LogP contribution in [0.25, 0.3) is 0 Å². The molecule has 0 amide bonds. The summed E-state index contributed by atoms with van der Waals surface area (Å²) in [5, 5.41) is 13.2. The van der Waals surface area contributed by atoms with Gasteiger partial charge >= 0.3 is 0 Å². The maximum absolute atomic E-state index is 9.21. The molecule has 0 bridgehead atoms. The summed E-state index contributed by atoms with van der Waals surface area (Å²) in [6, 6.07) is 10.2. The largest absolute Gasteiger partial charge is 0.297 e. The molecule has 0 fully saturated rings. The molecule has 0 aliphatic carbocycles. The minimum atomic E-state index is -0.526. The lowest BCUT2D eigenvalue weighted by Crippen LogP contribution is -2.46. The average molecular weight is 237 g/mol. The van der Waals surface area contributed by atoms with Gasteiger partial charge in [-0.15, -0.1) is 0 Å². The molecule has 0 saturated carbocycles. The van der Waals surface area contributed by atoms with E-state index in [9.17, 15) is 5.26 Å². The molecule has 1 aromatic rings. The second kappa shape index (κ2) is 5.34. The van der Waals surface area contributed by atoms with Crippen molar-refractivity contribution < 1.29 is 0 Å². The molecule has 2 nitrogen and oxygen atoms in total. The molecule has 3 heteroatoms. The van der Waals surface area contributed by atoms with Crippen LogP contribution in [0.5, 0.6) is 0 Å². The van der Waals surface area contributed by atoms with Crippen LogP contribution in [0.15, 0.2) is 24.3 Å². The molecular weight excluding hydrogens is 220 g/mol. The van der Waals surface area contributed by atoms with Crippen LogP contribution in [0.3, 0.4) is 0 Å². The molecule has 0 radical (unpaired) electrons. The van der Waals surface area contributed by atoms with Crippen LogP contribution in [0, 0.1) is 11.3 Å². The van der Waals surface area contributed by atoms with Crippen LogP contribution in [-0.2, 0) is 6.42 Å². The standard InChI is InChI=1S/C13H17ClN2/c1-10(2)16-13(3,9-15)8-11-4-6-12(14)7-5-11/h4-7,10,16H,8H2,1-3H3. The van der Waals surface area contributed by atoms with Crippen LogP contribution in [0.2, 0.25) is 5.02 Å². The SMILES string of the molecule is CC(C)NC(C)(C#N)Cc1ccc(Cl)cc1. The van der Waals surface area contributed by atoms with E-state index in [4.69, 9.17) is 11.6 Å². The number of hydrogen-bond acceptors (Lipinski definition) is 2. The highest BCUT2D eigenvalue weighted by Gasteiger charge is 2.24. The summed E-state index contributed by atoms with van der Waals surface area (Å²) in [7, 11) is 0. The minimum Gasteiger partial charge on any atom is -0.297 e. The highest BCUT2D eigenvalue weighted by molar-refractivity contribution is 6.30. The quantitative estimate of drug-likeness (QED) is 0.872. The van der Waals surface area contributed by atoms with Gasteiger partial charge in [-0.25, -0.2) is 0 Å². The fraction of sp³-hybridized carbons (Fsp3) is 0.462. The lowest BCUT2D eigenvalue weighted by Gasteiger charge is -2.26.